The number of carbonyl (C=O) groups excluding carboxylic acids is 1. The third-order valence-electron chi connectivity index (χ3n) is 2.85. The summed E-state index contributed by atoms with van der Waals surface area (Å²) in [5, 5.41) is 11.8. The first-order chi connectivity index (χ1) is 9.70. The molecule has 0 saturated heterocycles. The highest BCUT2D eigenvalue weighted by Crippen LogP contribution is 2.32. The number of fused-ring (bicyclic) bond motifs is 1. The van der Waals surface area contributed by atoms with Gasteiger partial charge in [0.05, 0.1) is 0 Å². The molecule has 1 aromatic carbocycles. The van der Waals surface area contributed by atoms with Crippen molar-refractivity contribution >= 4 is 22.4 Å². The average Bonchev–Trinajstić information content (AvgIpc) is 3.04. The third-order valence-corrected chi connectivity index (χ3v) is 3.60. The molecule has 2 heterocycles. The Balaban J connectivity index is 1.55. The first-order valence-electron chi connectivity index (χ1n) is 6.19. The lowest BCUT2D eigenvalue weighted by Crippen LogP contribution is -2.12. The Kier molecular flexibility index (Phi) is 3.51. The number of benzene rings is 1. The van der Waals surface area contributed by atoms with Crippen LogP contribution in [0, 0.1) is 6.92 Å². The van der Waals surface area contributed by atoms with Crippen LogP contribution in [0.4, 0.5) is 5.13 Å². The standard InChI is InChI=1S/C13H13N3O3S/c1-8-15-16-13(20-8)14-12(17)5-3-9-2-4-10-11(6-9)19-7-18-10/h2,4,6H,3,5,7H2,1H3,(H,14,16,17). The van der Waals surface area contributed by atoms with Gasteiger partial charge in [-0.1, -0.05) is 17.4 Å². The number of hydrogen-bond donors (Lipinski definition) is 1. The van der Waals surface area contributed by atoms with Crippen LogP contribution < -0.4 is 14.8 Å². The number of nitrogens with zero attached hydrogens (tertiary/aromatic N) is 2. The van der Waals surface area contributed by atoms with Gasteiger partial charge in [0.1, 0.15) is 5.01 Å². The Morgan fingerprint density at radius 3 is 3.00 bits per heavy atom. The Morgan fingerprint density at radius 1 is 1.35 bits per heavy atom. The third kappa shape index (κ3) is 2.88. The summed E-state index contributed by atoms with van der Waals surface area (Å²) >= 11 is 1.36. The molecular weight excluding hydrogens is 278 g/mol. The van der Waals surface area contributed by atoms with Crippen molar-refractivity contribution in [1.29, 1.82) is 0 Å². The van der Waals surface area contributed by atoms with Crippen molar-refractivity contribution in [2.45, 2.75) is 19.8 Å². The fourth-order valence-corrected chi connectivity index (χ4v) is 2.49. The van der Waals surface area contributed by atoms with Crippen LogP contribution in [0.15, 0.2) is 18.2 Å². The summed E-state index contributed by atoms with van der Waals surface area (Å²) < 4.78 is 10.5. The SMILES string of the molecule is Cc1nnc(NC(=O)CCc2ccc3c(c2)OCO3)s1. The molecule has 6 nitrogen and oxygen atoms in total. The van der Waals surface area contributed by atoms with E-state index < -0.39 is 0 Å². The number of nitrogens with one attached hydrogen (secondary N) is 1. The van der Waals surface area contributed by atoms with Crippen LogP contribution in [0.1, 0.15) is 17.0 Å². The molecule has 1 aliphatic rings. The van der Waals surface area contributed by atoms with Crippen LogP contribution in [0.25, 0.3) is 0 Å². The zero-order chi connectivity index (χ0) is 13.9. The molecule has 0 spiro atoms. The van der Waals surface area contributed by atoms with Gasteiger partial charge < -0.3 is 14.8 Å². The molecule has 0 radical (unpaired) electrons. The fourth-order valence-electron chi connectivity index (χ4n) is 1.88. The summed E-state index contributed by atoms with van der Waals surface area (Å²) in [6, 6.07) is 5.71. The zero-order valence-corrected chi connectivity index (χ0v) is 11.7. The van der Waals surface area contributed by atoms with Gasteiger partial charge in [0.15, 0.2) is 11.5 Å². The van der Waals surface area contributed by atoms with Gasteiger partial charge in [0.25, 0.3) is 0 Å². The fraction of sp³-hybridized carbons (Fsp3) is 0.308. The maximum Gasteiger partial charge on any atom is 0.231 e. The Morgan fingerprint density at radius 2 is 2.20 bits per heavy atom. The van der Waals surface area contributed by atoms with Gasteiger partial charge in [-0.25, -0.2) is 0 Å². The van der Waals surface area contributed by atoms with Crippen molar-refractivity contribution in [1.82, 2.24) is 10.2 Å². The predicted octanol–water partition coefficient (Wildman–Crippen LogP) is 2.15. The minimum atomic E-state index is -0.0705. The molecule has 0 fully saturated rings. The summed E-state index contributed by atoms with van der Waals surface area (Å²) in [6.07, 6.45) is 1.03. The summed E-state index contributed by atoms with van der Waals surface area (Å²) in [4.78, 5) is 11.8. The number of amides is 1. The molecule has 20 heavy (non-hydrogen) atoms. The maximum atomic E-state index is 11.8. The van der Waals surface area contributed by atoms with Gasteiger partial charge in [-0.05, 0) is 31.0 Å². The van der Waals surface area contributed by atoms with Crippen molar-refractivity contribution < 1.29 is 14.3 Å². The molecule has 0 saturated carbocycles. The van der Waals surface area contributed by atoms with E-state index in [-0.39, 0.29) is 12.7 Å². The molecule has 1 aromatic heterocycles. The van der Waals surface area contributed by atoms with E-state index in [1.807, 2.05) is 25.1 Å². The van der Waals surface area contributed by atoms with Gasteiger partial charge in [0.2, 0.25) is 17.8 Å². The van der Waals surface area contributed by atoms with Crippen LogP contribution in [0.3, 0.4) is 0 Å². The van der Waals surface area contributed by atoms with Crippen molar-refractivity contribution in [2.75, 3.05) is 12.1 Å². The molecule has 0 unspecified atom stereocenters. The van der Waals surface area contributed by atoms with E-state index in [4.69, 9.17) is 9.47 Å². The van der Waals surface area contributed by atoms with E-state index in [9.17, 15) is 4.79 Å². The number of aryl methyl sites for hydroxylation is 2. The lowest BCUT2D eigenvalue weighted by molar-refractivity contribution is -0.116. The minimum Gasteiger partial charge on any atom is -0.454 e. The molecule has 0 atom stereocenters. The van der Waals surface area contributed by atoms with Gasteiger partial charge >= 0.3 is 0 Å². The quantitative estimate of drug-likeness (QED) is 0.934. The first-order valence-corrected chi connectivity index (χ1v) is 7.01. The van der Waals surface area contributed by atoms with Crippen LogP contribution >= 0.6 is 11.3 Å². The maximum absolute atomic E-state index is 11.8. The van der Waals surface area contributed by atoms with E-state index in [2.05, 4.69) is 15.5 Å². The van der Waals surface area contributed by atoms with Crippen molar-refractivity contribution in [3.8, 4) is 11.5 Å². The lowest BCUT2D eigenvalue weighted by Gasteiger charge is -2.03. The van der Waals surface area contributed by atoms with Crippen LogP contribution in [-0.2, 0) is 11.2 Å². The summed E-state index contributed by atoms with van der Waals surface area (Å²) in [7, 11) is 0. The van der Waals surface area contributed by atoms with Gasteiger partial charge in [-0.15, -0.1) is 10.2 Å². The lowest BCUT2D eigenvalue weighted by atomic mass is 10.1. The van der Waals surface area contributed by atoms with E-state index in [1.165, 1.54) is 11.3 Å². The topological polar surface area (TPSA) is 73.3 Å². The molecule has 3 rings (SSSR count). The molecule has 0 bridgehead atoms. The summed E-state index contributed by atoms with van der Waals surface area (Å²) in [5.74, 6) is 1.42. The zero-order valence-electron chi connectivity index (χ0n) is 10.9. The molecule has 1 N–H and O–H groups in total. The number of aromatic nitrogens is 2. The van der Waals surface area contributed by atoms with E-state index >= 15 is 0 Å². The van der Waals surface area contributed by atoms with Crippen molar-refractivity contribution in [2.24, 2.45) is 0 Å². The first kappa shape index (κ1) is 12.9. The highest BCUT2D eigenvalue weighted by atomic mass is 32.1. The number of carbonyl (C=O) groups is 1. The molecule has 0 aliphatic carbocycles. The Bertz CT molecular complexity index is 642. The predicted molar refractivity (Wildman–Crippen MR) is 74.2 cm³/mol. The van der Waals surface area contributed by atoms with Crippen molar-refractivity contribution in [3.05, 3.63) is 28.8 Å². The second-order valence-electron chi connectivity index (χ2n) is 4.36. The molecule has 2 aromatic rings. The second kappa shape index (κ2) is 5.46. The monoisotopic (exact) mass is 291 g/mol. The Hall–Kier alpha value is -2.15. The number of anilines is 1. The molecule has 1 amide bonds. The van der Waals surface area contributed by atoms with Crippen LogP contribution in [-0.4, -0.2) is 22.9 Å². The number of ether oxygens (including phenoxy) is 2. The van der Waals surface area contributed by atoms with Gasteiger partial charge in [-0.2, -0.15) is 0 Å². The summed E-state index contributed by atoms with van der Waals surface area (Å²) in [6.45, 7) is 2.11. The highest BCUT2D eigenvalue weighted by Gasteiger charge is 2.14. The highest BCUT2D eigenvalue weighted by molar-refractivity contribution is 7.15. The van der Waals surface area contributed by atoms with Gasteiger partial charge in [-0.3, -0.25) is 4.79 Å². The van der Waals surface area contributed by atoms with Crippen LogP contribution in [0.5, 0.6) is 11.5 Å². The second-order valence-corrected chi connectivity index (χ2v) is 5.54. The van der Waals surface area contributed by atoms with Crippen molar-refractivity contribution in [3.63, 3.8) is 0 Å². The molecule has 104 valence electrons. The van der Waals surface area contributed by atoms with E-state index in [0.29, 0.717) is 18.0 Å². The molecular formula is C13H13N3O3S. The van der Waals surface area contributed by atoms with E-state index in [1.54, 1.807) is 0 Å². The number of hydrogen-bond acceptors (Lipinski definition) is 6. The molecule has 1 aliphatic heterocycles. The smallest absolute Gasteiger partial charge is 0.231 e. The normalized spacial score (nSPS) is 12.4. The summed E-state index contributed by atoms with van der Waals surface area (Å²) in [5.41, 5.74) is 1.04. The minimum absolute atomic E-state index is 0.0705. The number of rotatable bonds is 4. The Labute approximate surface area is 119 Å². The van der Waals surface area contributed by atoms with Gasteiger partial charge in [0, 0.05) is 6.42 Å². The largest absolute Gasteiger partial charge is 0.454 e. The van der Waals surface area contributed by atoms with Crippen LogP contribution in [0.2, 0.25) is 0 Å². The van der Waals surface area contributed by atoms with E-state index in [0.717, 1.165) is 22.1 Å². The average molecular weight is 291 g/mol. The molecule has 7 heteroatoms.